The molecule has 7 nitrogen and oxygen atoms in total. The Kier molecular flexibility index (Phi) is 6.01. The molecule has 6 rings (SSSR count). The number of hydrogen-bond donors (Lipinski definition) is 0. The number of nitrogens with zero attached hydrogens (tertiary/aromatic N) is 2. The number of sulfonamides is 1. The van der Waals surface area contributed by atoms with Crippen LogP contribution in [0.25, 0.3) is 10.8 Å². The summed E-state index contributed by atoms with van der Waals surface area (Å²) in [5.74, 6) is -0.721. The van der Waals surface area contributed by atoms with Crippen molar-refractivity contribution in [1.29, 1.82) is 0 Å². The number of carbonyl (C=O) groups is 2. The summed E-state index contributed by atoms with van der Waals surface area (Å²) < 4.78 is 34.7. The van der Waals surface area contributed by atoms with Crippen LogP contribution in [0.15, 0.2) is 89.8 Å². The quantitative estimate of drug-likeness (QED) is 0.321. The second kappa shape index (κ2) is 9.38. The number of amides is 1. The number of Topliss-reactive ketones (excluding diaryl/α,β-unsaturated/α-hetero) is 1. The van der Waals surface area contributed by atoms with Crippen LogP contribution in [0.2, 0.25) is 0 Å². The second-order valence-electron chi connectivity index (χ2n) is 9.64. The molecule has 0 radical (unpaired) electrons. The van der Waals surface area contributed by atoms with Crippen molar-refractivity contribution in [2.45, 2.75) is 30.7 Å². The van der Waals surface area contributed by atoms with E-state index in [2.05, 4.69) is 0 Å². The lowest BCUT2D eigenvalue weighted by molar-refractivity contribution is -0.113. The van der Waals surface area contributed by atoms with E-state index < -0.39 is 21.7 Å². The summed E-state index contributed by atoms with van der Waals surface area (Å²) in [4.78, 5) is 27.8. The lowest BCUT2D eigenvalue weighted by Crippen LogP contribution is -2.39. The number of ether oxygens (including phenoxy) is 1. The first kappa shape index (κ1) is 24.3. The Morgan fingerprint density at radius 3 is 2.50 bits per heavy atom. The molecular weight excluding hydrogens is 500 g/mol. The fraction of sp³-hybridized carbons (Fsp3) is 0.200. The van der Waals surface area contributed by atoms with E-state index in [0.717, 1.165) is 22.8 Å². The first-order valence-corrected chi connectivity index (χ1v) is 14.0. The number of carbonyl (C=O) groups excluding carboxylic acids is 2. The van der Waals surface area contributed by atoms with Crippen LogP contribution >= 0.6 is 0 Å². The Hall–Kier alpha value is -4.01. The SMILES string of the molecule is Cc1ccc2ccccc2c1N1C(=O)C(=O)c2cc(S(=O)(=O)N3CCCC3COc3ccccc3)ccc21. The summed E-state index contributed by atoms with van der Waals surface area (Å²) >= 11 is 0. The van der Waals surface area contributed by atoms with Gasteiger partial charge in [-0.2, -0.15) is 4.31 Å². The van der Waals surface area contributed by atoms with Gasteiger partial charge >= 0.3 is 5.91 Å². The predicted octanol–water partition coefficient (Wildman–Crippen LogP) is 5.24. The highest BCUT2D eigenvalue weighted by molar-refractivity contribution is 7.89. The minimum absolute atomic E-state index is 0.000466. The molecule has 0 spiro atoms. The van der Waals surface area contributed by atoms with Gasteiger partial charge in [0.2, 0.25) is 10.0 Å². The first-order valence-electron chi connectivity index (χ1n) is 12.6. The maximum absolute atomic E-state index is 13.7. The van der Waals surface area contributed by atoms with Gasteiger partial charge in [-0.25, -0.2) is 8.42 Å². The van der Waals surface area contributed by atoms with Gasteiger partial charge in [0, 0.05) is 11.9 Å². The number of aryl methyl sites for hydroxylation is 1. The van der Waals surface area contributed by atoms with Crippen molar-refractivity contribution in [2.75, 3.05) is 18.1 Å². The van der Waals surface area contributed by atoms with Gasteiger partial charge in [0.05, 0.1) is 27.9 Å². The average Bonchev–Trinajstić information content (AvgIpc) is 3.51. The molecule has 0 bridgehead atoms. The fourth-order valence-electron chi connectivity index (χ4n) is 5.40. The van der Waals surface area contributed by atoms with E-state index in [1.54, 1.807) is 6.07 Å². The molecule has 0 aliphatic carbocycles. The van der Waals surface area contributed by atoms with Crippen molar-refractivity contribution < 1.29 is 22.7 Å². The van der Waals surface area contributed by atoms with Crippen molar-refractivity contribution in [3.8, 4) is 5.75 Å². The molecule has 192 valence electrons. The topological polar surface area (TPSA) is 84.0 Å². The summed E-state index contributed by atoms with van der Waals surface area (Å²) in [5, 5.41) is 1.79. The minimum Gasteiger partial charge on any atom is -0.492 e. The van der Waals surface area contributed by atoms with E-state index in [4.69, 9.17) is 4.74 Å². The average molecular weight is 527 g/mol. The molecule has 1 amide bonds. The number of hydrogen-bond acceptors (Lipinski definition) is 5. The van der Waals surface area contributed by atoms with Gasteiger partial charge in [-0.1, -0.05) is 54.6 Å². The smallest absolute Gasteiger partial charge is 0.304 e. The molecule has 0 aromatic heterocycles. The van der Waals surface area contributed by atoms with Gasteiger partial charge in [0.15, 0.2) is 0 Å². The molecule has 2 aliphatic heterocycles. The number of anilines is 2. The number of rotatable bonds is 6. The zero-order valence-corrected chi connectivity index (χ0v) is 21.6. The molecule has 2 heterocycles. The van der Waals surface area contributed by atoms with Crippen LogP contribution in [-0.2, 0) is 14.8 Å². The number of ketones is 1. The number of benzene rings is 4. The summed E-state index contributed by atoms with van der Waals surface area (Å²) in [6, 6.07) is 24.9. The Balaban J connectivity index is 1.34. The van der Waals surface area contributed by atoms with Crippen LogP contribution in [0.4, 0.5) is 11.4 Å². The lowest BCUT2D eigenvalue weighted by atomic mass is 10.0. The standard InChI is InChI=1S/C30H26N2O5S/c1-20-13-14-21-8-5-6-12-25(21)28(20)32-27-16-15-24(18-26(27)29(33)30(32)34)38(35,36)31-17-7-9-22(31)19-37-23-10-3-2-4-11-23/h2-6,8,10-16,18,22H,7,9,17,19H2,1H3. The van der Waals surface area contributed by atoms with Gasteiger partial charge in [0.25, 0.3) is 5.78 Å². The third-order valence-electron chi connectivity index (χ3n) is 7.29. The summed E-state index contributed by atoms with van der Waals surface area (Å²) in [6.45, 7) is 2.50. The van der Waals surface area contributed by atoms with Crippen molar-refractivity contribution >= 4 is 43.9 Å². The third kappa shape index (κ3) is 3.97. The summed E-state index contributed by atoms with van der Waals surface area (Å²) in [6.07, 6.45) is 1.40. The van der Waals surface area contributed by atoms with Crippen LogP contribution < -0.4 is 9.64 Å². The van der Waals surface area contributed by atoms with Crippen molar-refractivity contribution in [3.05, 3.63) is 96.1 Å². The number of para-hydroxylation sites is 1. The van der Waals surface area contributed by atoms with Crippen LogP contribution in [0, 0.1) is 6.92 Å². The Labute approximate surface area is 221 Å². The normalized spacial score (nSPS) is 17.8. The van der Waals surface area contributed by atoms with Crippen molar-refractivity contribution in [1.82, 2.24) is 4.31 Å². The Bertz CT molecular complexity index is 1680. The molecule has 2 aliphatic rings. The van der Waals surface area contributed by atoms with Crippen LogP contribution in [-0.4, -0.2) is 43.6 Å². The Morgan fingerprint density at radius 1 is 0.921 bits per heavy atom. The Morgan fingerprint density at radius 2 is 1.68 bits per heavy atom. The highest BCUT2D eigenvalue weighted by Gasteiger charge is 2.41. The van der Waals surface area contributed by atoms with Gasteiger partial charge < -0.3 is 4.74 Å². The third-order valence-corrected chi connectivity index (χ3v) is 9.24. The van der Waals surface area contributed by atoms with Gasteiger partial charge in [0.1, 0.15) is 12.4 Å². The highest BCUT2D eigenvalue weighted by Crippen LogP contribution is 2.42. The fourth-order valence-corrected chi connectivity index (χ4v) is 7.10. The molecule has 0 saturated carbocycles. The molecule has 1 saturated heterocycles. The van der Waals surface area contributed by atoms with E-state index in [0.29, 0.717) is 30.1 Å². The first-order chi connectivity index (χ1) is 18.4. The van der Waals surface area contributed by atoms with Crippen molar-refractivity contribution in [3.63, 3.8) is 0 Å². The lowest BCUT2D eigenvalue weighted by Gasteiger charge is -2.25. The maximum Gasteiger partial charge on any atom is 0.304 e. The largest absolute Gasteiger partial charge is 0.492 e. The van der Waals surface area contributed by atoms with Crippen molar-refractivity contribution in [2.24, 2.45) is 0 Å². The summed E-state index contributed by atoms with van der Waals surface area (Å²) in [7, 11) is -3.91. The molecule has 1 unspecified atom stereocenters. The van der Waals surface area contributed by atoms with Gasteiger partial charge in [-0.05, 0) is 61.0 Å². The van der Waals surface area contributed by atoms with E-state index in [1.807, 2.05) is 73.7 Å². The van der Waals surface area contributed by atoms with Gasteiger partial charge in [-0.15, -0.1) is 0 Å². The molecule has 1 atom stereocenters. The van der Waals surface area contributed by atoms with E-state index in [-0.39, 0.29) is 23.1 Å². The van der Waals surface area contributed by atoms with Gasteiger partial charge in [-0.3, -0.25) is 14.5 Å². The second-order valence-corrected chi connectivity index (χ2v) is 11.5. The highest BCUT2D eigenvalue weighted by atomic mass is 32.2. The molecule has 38 heavy (non-hydrogen) atoms. The van der Waals surface area contributed by atoms with Crippen LogP contribution in [0.3, 0.4) is 0 Å². The maximum atomic E-state index is 13.7. The van der Waals surface area contributed by atoms with Crippen LogP contribution in [0.5, 0.6) is 5.75 Å². The van der Waals surface area contributed by atoms with E-state index in [1.165, 1.54) is 21.3 Å². The predicted molar refractivity (Wildman–Crippen MR) is 145 cm³/mol. The summed E-state index contributed by atoms with van der Waals surface area (Å²) in [5.41, 5.74) is 1.96. The monoisotopic (exact) mass is 526 g/mol. The van der Waals surface area contributed by atoms with E-state index in [9.17, 15) is 18.0 Å². The van der Waals surface area contributed by atoms with E-state index >= 15 is 0 Å². The minimum atomic E-state index is -3.91. The molecule has 0 N–H and O–H groups in total. The zero-order valence-electron chi connectivity index (χ0n) is 20.8. The molecule has 8 heteroatoms. The number of fused-ring (bicyclic) bond motifs is 2. The molecule has 4 aromatic rings. The zero-order chi connectivity index (χ0) is 26.4. The molecule has 4 aromatic carbocycles. The molecule has 1 fully saturated rings. The molecular formula is C30H26N2O5S. The van der Waals surface area contributed by atoms with Crippen LogP contribution in [0.1, 0.15) is 28.8 Å².